The third kappa shape index (κ3) is 4.62. The summed E-state index contributed by atoms with van der Waals surface area (Å²) in [4.78, 5) is 12.4. The first-order valence-corrected chi connectivity index (χ1v) is 11.5. The zero-order chi connectivity index (χ0) is 22.8. The van der Waals surface area contributed by atoms with E-state index in [4.69, 9.17) is 4.74 Å². The van der Waals surface area contributed by atoms with Gasteiger partial charge in [-0.3, -0.25) is 0 Å². The summed E-state index contributed by atoms with van der Waals surface area (Å²) >= 11 is 0. The molecule has 0 bridgehead atoms. The average Bonchev–Trinajstić information content (AvgIpc) is 2.78. The standard InChI is InChI=1S/C27H29F3O2/c1-3-4-17-6-7-19-14-20(9-8-18(19)13-17)22-11-12-23(26(30)25(22)29)27(31)32-21-10-5-16(2)24(28)15-21/h3-5,10-12,15,17-20H,6-9,13-14H2,1-2H3/b4-3+. The van der Waals surface area contributed by atoms with Crippen LogP contribution in [0.5, 0.6) is 5.75 Å². The van der Waals surface area contributed by atoms with E-state index < -0.39 is 29.0 Å². The second-order valence-corrected chi connectivity index (χ2v) is 9.26. The average molecular weight is 443 g/mol. The van der Waals surface area contributed by atoms with Crippen molar-refractivity contribution < 1.29 is 22.7 Å². The Morgan fingerprint density at radius 3 is 2.47 bits per heavy atom. The predicted octanol–water partition coefficient (Wildman–Crippen LogP) is 7.51. The van der Waals surface area contributed by atoms with Gasteiger partial charge in [0.05, 0.1) is 5.56 Å². The van der Waals surface area contributed by atoms with E-state index in [2.05, 4.69) is 19.1 Å². The quantitative estimate of drug-likeness (QED) is 0.278. The summed E-state index contributed by atoms with van der Waals surface area (Å²) in [5.74, 6) is -2.00. The van der Waals surface area contributed by atoms with Crippen LogP contribution in [0.2, 0.25) is 0 Å². The molecule has 4 unspecified atom stereocenters. The fourth-order valence-electron chi connectivity index (χ4n) is 5.49. The molecule has 0 N–H and O–H groups in total. The molecular weight excluding hydrogens is 413 g/mol. The molecule has 2 aromatic carbocycles. The Labute approximate surface area is 187 Å². The number of aryl methyl sites for hydroxylation is 1. The van der Waals surface area contributed by atoms with Gasteiger partial charge in [0.15, 0.2) is 11.6 Å². The lowest BCUT2D eigenvalue weighted by Gasteiger charge is -2.42. The lowest BCUT2D eigenvalue weighted by atomic mass is 9.64. The smallest absolute Gasteiger partial charge is 0.346 e. The maximum absolute atomic E-state index is 15.0. The van der Waals surface area contributed by atoms with Gasteiger partial charge in [-0.05, 0) is 99.3 Å². The van der Waals surface area contributed by atoms with Gasteiger partial charge in [-0.1, -0.05) is 24.3 Å². The van der Waals surface area contributed by atoms with Gasteiger partial charge in [0.2, 0.25) is 0 Å². The Balaban J connectivity index is 1.47. The first-order chi connectivity index (χ1) is 15.4. The molecule has 2 aliphatic carbocycles. The lowest BCUT2D eigenvalue weighted by Crippen LogP contribution is -2.30. The number of esters is 1. The van der Waals surface area contributed by atoms with Crippen molar-refractivity contribution in [3.8, 4) is 5.75 Å². The maximum atomic E-state index is 15.0. The highest BCUT2D eigenvalue weighted by molar-refractivity contribution is 5.91. The monoisotopic (exact) mass is 442 g/mol. The molecule has 0 heterocycles. The Morgan fingerprint density at radius 1 is 0.969 bits per heavy atom. The van der Waals surface area contributed by atoms with E-state index in [1.807, 2.05) is 0 Å². The van der Waals surface area contributed by atoms with Crippen LogP contribution >= 0.6 is 0 Å². The third-order valence-electron chi connectivity index (χ3n) is 7.24. The number of rotatable bonds is 4. The second-order valence-electron chi connectivity index (χ2n) is 9.26. The summed E-state index contributed by atoms with van der Waals surface area (Å²) in [5.41, 5.74) is 0.263. The van der Waals surface area contributed by atoms with Crippen molar-refractivity contribution in [1.82, 2.24) is 0 Å². The molecular formula is C27H29F3O2. The van der Waals surface area contributed by atoms with Crippen LogP contribution in [0.15, 0.2) is 42.5 Å². The summed E-state index contributed by atoms with van der Waals surface area (Å²) in [6.07, 6.45) is 10.6. The van der Waals surface area contributed by atoms with Gasteiger partial charge in [-0.25, -0.2) is 18.0 Å². The largest absolute Gasteiger partial charge is 0.423 e. The third-order valence-corrected chi connectivity index (χ3v) is 7.24. The molecule has 2 aromatic rings. The van der Waals surface area contributed by atoms with Crippen LogP contribution in [-0.2, 0) is 0 Å². The molecule has 0 aromatic heterocycles. The number of benzene rings is 2. The Bertz CT molecular complexity index is 1030. The zero-order valence-corrected chi connectivity index (χ0v) is 18.5. The fourth-order valence-corrected chi connectivity index (χ4v) is 5.49. The molecule has 170 valence electrons. The predicted molar refractivity (Wildman–Crippen MR) is 118 cm³/mol. The first kappa shape index (κ1) is 22.6. The fraction of sp³-hybridized carbons (Fsp3) is 0.444. The summed E-state index contributed by atoms with van der Waals surface area (Å²) < 4.78 is 48.6. The molecule has 4 rings (SSSR count). The second kappa shape index (κ2) is 9.51. The molecule has 0 amide bonds. The lowest BCUT2D eigenvalue weighted by molar-refractivity contribution is 0.0728. The summed E-state index contributed by atoms with van der Waals surface area (Å²) in [6, 6.07) is 6.74. The highest BCUT2D eigenvalue weighted by Gasteiger charge is 2.36. The maximum Gasteiger partial charge on any atom is 0.346 e. The Kier molecular flexibility index (Phi) is 6.73. The molecule has 2 fully saturated rings. The van der Waals surface area contributed by atoms with E-state index in [1.165, 1.54) is 30.7 Å². The van der Waals surface area contributed by atoms with E-state index >= 15 is 0 Å². The van der Waals surface area contributed by atoms with Gasteiger partial charge < -0.3 is 4.74 Å². The first-order valence-electron chi connectivity index (χ1n) is 11.5. The van der Waals surface area contributed by atoms with E-state index in [9.17, 15) is 18.0 Å². The van der Waals surface area contributed by atoms with Gasteiger partial charge in [0.1, 0.15) is 11.6 Å². The number of hydrogen-bond donors (Lipinski definition) is 0. The Morgan fingerprint density at radius 2 is 1.72 bits per heavy atom. The van der Waals surface area contributed by atoms with E-state index in [0.717, 1.165) is 38.2 Å². The normalized spacial score (nSPS) is 25.5. The molecule has 0 spiro atoms. The number of ether oxygens (including phenoxy) is 1. The molecule has 4 atom stereocenters. The van der Waals surface area contributed by atoms with Crippen LogP contribution in [0.4, 0.5) is 13.2 Å². The number of hydrogen-bond acceptors (Lipinski definition) is 2. The highest BCUT2D eigenvalue weighted by Crippen LogP contribution is 2.48. The number of carbonyl (C=O) groups is 1. The molecule has 5 heteroatoms. The Hall–Kier alpha value is -2.56. The van der Waals surface area contributed by atoms with Crippen molar-refractivity contribution in [3.63, 3.8) is 0 Å². The van der Waals surface area contributed by atoms with Crippen LogP contribution in [0, 0.1) is 42.1 Å². The van der Waals surface area contributed by atoms with Crippen molar-refractivity contribution >= 4 is 5.97 Å². The minimum Gasteiger partial charge on any atom is -0.423 e. The van der Waals surface area contributed by atoms with Crippen LogP contribution in [0.3, 0.4) is 0 Å². The van der Waals surface area contributed by atoms with Crippen molar-refractivity contribution in [2.75, 3.05) is 0 Å². The minimum atomic E-state index is -1.20. The molecule has 2 aliphatic rings. The zero-order valence-electron chi connectivity index (χ0n) is 18.5. The number of fused-ring (bicyclic) bond motifs is 1. The number of halogens is 3. The van der Waals surface area contributed by atoms with E-state index in [-0.39, 0.29) is 11.7 Å². The highest BCUT2D eigenvalue weighted by atomic mass is 19.2. The van der Waals surface area contributed by atoms with Crippen molar-refractivity contribution in [1.29, 1.82) is 0 Å². The van der Waals surface area contributed by atoms with Gasteiger partial charge in [0.25, 0.3) is 0 Å². The van der Waals surface area contributed by atoms with Gasteiger partial charge in [0, 0.05) is 6.07 Å². The van der Waals surface area contributed by atoms with Crippen LogP contribution < -0.4 is 4.74 Å². The van der Waals surface area contributed by atoms with Crippen LogP contribution in [-0.4, -0.2) is 5.97 Å². The van der Waals surface area contributed by atoms with E-state index in [0.29, 0.717) is 28.9 Å². The minimum absolute atomic E-state index is 0.0414. The van der Waals surface area contributed by atoms with Crippen molar-refractivity contribution in [3.05, 3.63) is 76.6 Å². The molecule has 32 heavy (non-hydrogen) atoms. The van der Waals surface area contributed by atoms with Crippen LogP contribution in [0.25, 0.3) is 0 Å². The summed E-state index contributed by atoms with van der Waals surface area (Å²) in [5, 5.41) is 0. The SMILES string of the molecule is C/C=C/C1CCC2CC(c3ccc(C(=O)Oc4ccc(C)c(F)c4)c(F)c3F)CCC2C1. The van der Waals surface area contributed by atoms with Gasteiger partial charge in [-0.2, -0.15) is 0 Å². The summed E-state index contributed by atoms with van der Waals surface area (Å²) in [6.45, 7) is 3.63. The topological polar surface area (TPSA) is 26.3 Å². The summed E-state index contributed by atoms with van der Waals surface area (Å²) in [7, 11) is 0. The number of carbonyl (C=O) groups excluding carboxylic acids is 1. The number of allylic oxidation sites excluding steroid dienone is 2. The molecule has 0 radical (unpaired) electrons. The van der Waals surface area contributed by atoms with Gasteiger partial charge >= 0.3 is 5.97 Å². The van der Waals surface area contributed by atoms with Crippen molar-refractivity contribution in [2.24, 2.45) is 17.8 Å². The van der Waals surface area contributed by atoms with E-state index in [1.54, 1.807) is 6.92 Å². The van der Waals surface area contributed by atoms with Crippen LogP contribution in [0.1, 0.15) is 72.9 Å². The van der Waals surface area contributed by atoms with Crippen molar-refractivity contribution in [2.45, 2.75) is 58.3 Å². The van der Waals surface area contributed by atoms with Gasteiger partial charge in [-0.15, -0.1) is 0 Å². The molecule has 2 nitrogen and oxygen atoms in total. The molecule has 0 aliphatic heterocycles. The molecule has 2 saturated carbocycles. The molecule has 0 saturated heterocycles.